The highest BCUT2D eigenvalue weighted by molar-refractivity contribution is 6.19. The number of hydrogen-bond donors (Lipinski definition) is 1. The normalized spacial score (nSPS) is 14.2. The molecular formula is C49H33N3O. The average molecular weight is 680 g/mol. The van der Waals surface area contributed by atoms with Crippen LogP contribution in [0.2, 0.25) is 0 Å². The van der Waals surface area contributed by atoms with Crippen LogP contribution in [0.15, 0.2) is 202 Å². The number of nitrogens with one attached hydrogen (secondary N) is 1. The van der Waals surface area contributed by atoms with E-state index in [1.165, 1.54) is 16.5 Å². The van der Waals surface area contributed by atoms with E-state index in [0.717, 1.165) is 72.1 Å². The molecule has 0 bridgehead atoms. The van der Waals surface area contributed by atoms with Crippen LogP contribution in [0, 0.1) is 0 Å². The summed E-state index contributed by atoms with van der Waals surface area (Å²) in [7, 11) is 0. The Kier molecular flexibility index (Phi) is 7.51. The van der Waals surface area contributed by atoms with E-state index in [-0.39, 0.29) is 6.17 Å². The van der Waals surface area contributed by atoms with E-state index in [2.05, 4.69) is 181 Å². The summed E-state index contributed by atoms with van der Waals surface area (Å²) in [5.41, 5.74) is 11.5. The number of fused-ring (bicyclic) bond motifs is 4. The van der Waals surface area contributed by atoms with E-state index >= 15 is 0 Å². The fourth-order valence-electron chi connectivity index (χ4n) is 7.52. The van der Waals surface area contributed by atoms with Crippen molar-refractivity contribution in [3.05, 3.63) is 205 Å². The summed E-state index contributed by atoms with van der Waals surface area (Å²) >= 11 is 0. The Morgan fingerprint density at radius 3 is 1.89 bits per heavy atom. The summed E-state index contributed by atoms with van der Waals surface area (Å²) in [5, 5.41) is 8.21. The quantitative estimate of drug-likeness (QED) is 0.190. The molecule has 1 atom stereocenters. The minimum Gasteiger partial charge on any atom is -0.456 e. The molecule has 2 heterocycles. The number of amidine groups is 2. The zero-order valence-electron chi connectivity index (χ0n) is 28.8. The van der Waals surface area contributed by atoms with E-state index in [1.807, 2.05) is 12.1 Å². The molecular weight excluding hydrogens is 647 g/mol. The first-order valence-corrected chi connectivity index (χ1v) is 17.9. The van der Waals surface area contributed by atoms with Crippen molar-refractivity contribution in [1.29, 1.82) is 0 Å². The molecule has 0 radical (unpaired) electrons. The maximum atomic E-state index is 6.46. The van der Waals surface area contributed by atoms with Gasteiger partial charge >= 0.3 is 0 Å². The molecule has 9 aromatic rings. The van der Waals surface area contributed by atoms with Gasteiger partial charge in [0.2, 0.25) is 0 Å². The van der Waals surface area contributed by atoms with Crippen molar-refractivity contribution in [2.24, 2.45) is 9.98 Å². The predicted octanol–water partition coefficient (Wildman–Crippen LogP) is 12.2. The largest absolute Gasteiger partial charge is 0.456 e. The van der Waals surface area contributed by atoms with Gasteiger partial charge in [0.1, 0.15) is 23.2 Å². The third kappa shape index (κ3) is 5.67. The molecule has 1 aliphatic rings. The van der Waals surface area contributed by atoms with Gasteiger partial charge < -0.3 is 9.73 Å². The van der Waals surface area contributed by atoms with E-state index in [4.69, 9.17) is 14.4 Å². The molecule has 250 valence electrons. The van der Waals surface area contributed by atoms with Crippen LogP contribution in [0.5, 0.6) is 0 Å². The predicted molar refractivity (Wildman–Crippen MR) is 219 cm³/mol. The smallest absolute Gasteiger partial charge is 0.160 e. The van der Waals surface area contributed by atoms with Gasteiger partial charge in [0.05, 0.1) is 0 Å². The Labute approximate surface area is 307 Å². The van der Waals surface area contributed by atoms with Crippen LogP contribution in [0.4, 0.5) is 0 Å². The number of benzene rings is 8. The highest BCUT2D eigenvalue weighted by atomic mass is 16.3. The molecule has 0 spiro atoms. The molecule has 0 amide bonds. The van der Waals surface area contributed by atoms with Crippen molar-refractivity contribution in [2.45, 2.75) is 6.17 Å². The molecule has 53 heavy (non-hydrogen) atoms. The first kappa shape index (κ1) is 30.8. The summed E-state index contributed by atoms with van der Waals surface area (Å²) < 4.78 is 6.46. The first-order valence-electron chi connectivity index (χ1n) is 17.9. The van der Waals surface area contributed by atoms with Crippen molar-refractivity contribution in [2.75, 3.05) is 0 Å². The molecule has 0 saturated carbocycles. The Hall–Kier alpha value is -7.04. The van der Waals surface area contributed by atoms with Gasteiger partial charge in [-0.15, -0.1) is 0 Å². The van der Waals surface area contributed by atoms with E-state index < -0.39 is 0 Å². The fraction of sp³-hybridized carbons (Fsp3) is 0.0204. The monoisotopic (exact) mass is 679 g/mol. The lowest BCUT2D eigenvalue weighted by atomic mass is 9.93. The van der Waals surface area contributed by atoms with Crippen molar-refractivity contribution in [3.8, 4) is 33.4 Å². The zero-order chi connectivity index (χ0) is 35.1. The van der Waals surface area contributed by atoms with Crippen molar-refractivity contribution in [1.82, 2.24) is 5.32 Å². The second-order valence-corrected chi connectivity index (χ2v) is 13.4. The number of furan rings is 1. The molecule has 0 saturated heterocycles. The second kappa shape index (κ2) is 12.9. The zero-order valence-corrected chi connectivity index (χ0v) is 28.8. The summed E-state index contributed by atoms with van der Waals surface area (Å²) in [6.45, 7) is 0. The third-order valence-electron chi connectivity index (χ3n) is 10.1. The molecule has 8 aromatic carbocycles. The van der Waals surface area contributed by atoms with Crippen LogP contribution < -0.4 is 5.32 Å². The Morgan fingerprint density at radius 1 is 0.434 bits per heavy atom. The molecule has 1 aliphatic heterocycles. The lowest BCUT2D eigenvalue weighted by Gasteiger charge is -2.25. The van der Waals surface area contributed by atoms with E-state index in [9.17, 15) is 0 Å². The molecule has 1 N–H and O–H groups in total. The van der Waals surface area contributed by atoms with Gasteiger partial charge in [-0.25, -0.2) is 9.98 Å². The first-order chi connectivity index (χ1) is 26.2. The van der Waals surface area contributed by atoms with Crippen molar-refractivity contribution in [3.63, 3.8) is 0 Å². The van der Waals surface area contributed by atoms with Gasteiger partial charge in [0.25, 0.3) is 0 Å². The van der Waals surface area contributed by atoms with Crippen molar-refractivity contribution < 1.29 is 4.42 Å². The van der Waals surface area contributed by atoms with Gasteiger partial charge in [-0.1, -0.05) is 158 Å². The molecule has 4 heteroatoms. The van der Waals surface area contributed by atoms with Crippen molar-refractivity contribution >= 4 is 44.4 Å². The Balaban J connectivity index is 1.15. The molecule has 4 nitrogen and oxygen atoms in total. The maximum Gasteiger partial charge on any atom is 0.160 e. The Morgan fingerprint density at radius 2 is 1.08 bits per heavy atom. The lowest BCUT2D eigenvalue weighted by molar-refractivity contribution is 0.669. The van der Waals surface area contributed by atoms with Crippen LogP contribution in [0.1, 0.15) is 22.9 Å². The van der Waals surface area contributed by atoms with Gasteiger partial charge in [-0.2, -0.15) is 0 Å². The second-order valence-electron chi connectivity index (χ2n) is 13.4. The van der Waals surface area contributed by atoms with Gasteiger partial charge in [-0.05, 0) is 80.0 Å². The maximum absolute atomic E-state index is 6.46. The summed E-state index contributed by atoms with van der Waals surface area (Å²) in [6, 6.07) is 65.8. The third-order valence-corrected chi connectivity index (χ3v) is 10.1. The molecule has 1 unspecified atom stereocenters. The van der Waals surface area contributed by atoms with E-state index in [0.29, 0.717) is 5.84 Å². The fourth-order valence-corrected chi connectivity index (χ4v) is 7.52. The number of nitrogens with zero attached hydrogens (tertiary/aromatic N) is 2. The molecule has 10 rings (SSSR count). The standard InChI is InChI=1S/C49H33N3O/c1-3-13-32(14-4-1)36-19-11-20-38(29-36)47-50-48(39-26-25-34-17-7-8-18-35(34)30-39)52-49(51-47)42-22-10-9-21-40(42)41-23-12-24-45-46(41)43-31-37(27-28-44(43)53-45)33-15-5-2-6-16-33/h1-31,47H,(H,50,51,52). The summed E-state index contributed by atoms with van der Waals surface area (Å²) in [6.07, 6.45) is -0.361. The summed E-state index contributed by atoms with van der Waals surface area (Å²) in [4.78, 5) is 10.6. The number of rotatable bonds is 6. The van der Waals surface area contributed by atoms with Gasteiger partial charge in [0, 0.05) is 21.9 Å². The van der Waals surface area contributed by atoms with Crippen LogP contribution >= 0.6 is 0 Å². The topological polar surface area (TPSA) is 49.9 Å². The SMILES string of the molecule is c1ccc(-c2cccc(C3N=C(c4ccccc4-c4cccc5oc6ccc(-c7ccccc7)cc6c45)N=C(c4ccc5ccccc5c4)N3)c2)cc1. The van der Waals surface area contributed by atoms with Crippen LogP contribution in [0.25, 0.3) is 66.1 Å². The number of hydrogen-bond acceptors (Lipinski definition) is 4. The Bertz CT molecular complexity index is 2870. The van der Waals surface area contributed by atoms with Gasteiger partial charge in [0.15, 0.2) is 5.84 Å². The van der Waals surface area contributed by atoms with Crippen LogP contribution in [0.3, 0.4) is 0 Å². The lowest BCUT2D eigenvalue weighted by Crippen LogP contribution is -2.33. The molecule has 1 aromatic heterocycles. The van der Waals surface area contributed by atoms with Crippen LogP contribution in [-0.2, 0) is 0 Å². The highest BCUT2D eigenvalue weighted by Crippen LogP contribution is 2.40. The number of aliphatic imine (C=N–C) groups is 2. The molecule has 0 aliphatic carbocycles. The van der Waals surface area contributed by atoms with Crippen LogP contribution in [-0.4, -0.2) is 11.7 Å². The average Bonchev–Trinajstić information content (AvgIpc) is 3.62. The summed E-state index contributed by atoms with van der Waals surface area (Å²) in [5.74, 6) is 1.46. The minimum absolute atomic E-state index is 0.361. The van der Waals surface area contributed by atoms with E-state index in [1.54, 1.807) is 0 Å². The molecule has 0 fully saturated rings. The minimum atomic E-state index is -0.361. The van der Waals surface area contributed by atoms with Gasteiger partial charge in [-0.3, -0.25) is 0 Å². The highest BCUT2D eigenvalue weighted by Gasteiger charge is 2.24.